The number of hydrogen-bond acceptors (Lipinski definition) is 4. The molecule has 0 bridgehead atoms. The molecule has 0 unspecified atom stereocenters. The van der Waals surface area contributed by atoms with E-state index in [1.807, 2.05) is 43.5 Å². The van der Waals surface area contributed by atoms with E-state index in [0.717, 1.165) is 27.0 Å². The fourth-order valence-corrected chi connectivity index (χ4v) is 4.24. The first-order chi connectivity index (χ1) is 17.2. The Balaban J connectivity index is 1.40. The summed E-state index contributed by atoms with van der Waals surface area (Å²) < 4.78 is 45.1. The fourth-order valence-electron chi connectivity index (χ4n) is 3.93. The predicted molar refractivity (Wildman–Crippen MR) is 133 cm³/mol. The summed E-state index contributed by atoms with van der Waals surface area (Å²) in [7, 11) is 0. The number of nitrogens with one attached hydrogen (secondary N) is 1. The van der Waals surface area contributed by atoms with Crippen molar-refractivity contribution in [2.45, 2.75) is 26.1 Å². The Bertz CT molecular complexity index is 1570. The number of alkyl halides is 3. The lowest BCUT2D eigenvalue weighted by molar-refractivity contribution is -0.142. The molecule has 0 atom stereocenters. The van der Waals surface area contributed by atoms with Crippen molar-refractivity contribution < 1.29 is 18.0 Å². The van der Waals surface area contributed by atoms with Crippen LogP contribution in [0.15, 0.2) is 65.3 Å². The van der Waals surface area contributed by atoms with Gasteiger partial charge in [0.1, 0.15) is 0 Å². The van der Waals surface area contributed by atoms with Crippen LogP contribution < -0.4 is 5.32 Å². The summed E-state index contributed by atoms with van der Waals surface area (Å²) >= 11 is 3.40. The molecule has 5 rings (SSSR count). The predicted octanol–water partition coefficient (Wildman–Crippen LogP) is 5.66. The number of fused-ring (bicyclic) bond motifs is 2. The number of nitrogens with zero attached hydrogens (tertiary/aromatic N) is 5. The minimum Gasteiger partial charge on any atom is -0.351 e. The van der Waals surface area contributed by atoms with Crippen molar-refractivity contribution in [1.29, 1.82) is 0 Å². The van der Waals surface area contributed by atoms with Crippen LogP contribution in [0.1, 0.15) is 28.3 Å². The number of halogens is 4. The molecule has 5 aromatic rings. The molecule has 0 aliphatic carbocycles. The molecule has 11 heteroatoms. The fraction of sp³-hybridized carbons (Fsp3) is 0.200. The normalized spacial score (nSPS) is 11.9. The Hall–Kier alpha value is -3.73. The van der Waals surface area contributed by atoms with Crippen molar-refractivity contribution in [3.05, 3.63) is 82.3 Å². The summed E-state index contributed by atoms with van der Waals surface area (Å²) in [6.07, 6.45) is -2.26. The number of carbonyl (C=O) groups excluding carboxylic acids is 1. The number of amides is 1. The summed E-state index contributed by atoms with van der Waals surface area (Å²) in [5.74, 6) is -0.571. The molecule has 36 heavy (non-hydrogen) atoms. The summed E-state index contributed by atoms with van der Waals surface area (Å²) in [5.41, 5.74) is 0.341. The molecule has 3 aromatic heterocycles. The van der Waals surface area contributed by atoms with E-state index in [9.17, 15) is 18.0 Å². The van der Waals surface area contributed by atoms with E-state index in [4.69, 9.17) is 0 Å². The molecular weight excluding hydrogens is 537 g/mol. The molecule has 0 aliphatic rings. The van der Waals surface area contributed by atoms with Crippen molar-refractivity contribution in [3.8, 4) is 11.3 Å². The van der Waals surface area contributed by atoms with E-state index in [2.05, 4.69) is 36.4 Å². The van der Waals surface area contributed by atoms with E-state index in [1.54, 1.807) is 16.8 Å². The summed E-state index contributed by atoms with van der Waals surface area (Å²) in [4.78, 5) is 17.0. The lowest BCUT2D eigenvalue weighted by Crippen LogP contribution is -2.26. The van der Waals surface area contributed by atoms with Crippen LogP contribution in [0, 0.1) is 6.92 Å². The van der Waals surface area contributed by atoms with Crippen molar-refractivity contribution in [2.75, 3.05) is 6.54 Å². The van der Waals surface area contributed by atoms with Crippen LogP contribution in [0.2, 0.25) is 0 Å². The summed E-state index contributed by atoms with van der Waals surface area (Å²) in [5, 5.41) is 12.8. The van der Waals surface area contributed by atoms with E-state index < -0.39 is 17.8 Å². The summed E-state index contributed by atoms with van der Waals surface area (Å²) in [6.45, 7) is 2.76. The third-order valence-corrected chi connectivity index (χ3v) is 6.51. The topological polar surface area (TPSA) is 77.1 Å². The van der Waals surface area contributed by atoms with Gasteiger partial charge in [-0.15, -0.1) is 0 Å². The molecule has 0 saturated heterocycles. The Labute approximate surface area is 212 Å². The molecule has 3 heterocycles. The zero-order chi connectivity index (χ0) is 25.4. The Kier molecular flexibility index (Phi) is 6.25. The van der Waals surface area contributed by atoms with Crippen LogP contribution in [-0.2, 0) is 12.7 Å². The highest BCUT2D eigenvalue weighted by atomic mass is 79.9. The van der Waals surface area contributed by atoms with Gasteiger partial charge in [0, 0.05) is 30.9 Å². The van der Waals surface area contributed by atoms with Gasteiger partial charge in [0.15, 0.2) is 17.0 Å². The highest BCUT2D eigenvalue weighted by Crippen LogP contribution is 2.33. The largest absolute Gasteiger partial charge is 0.433 e. The quantitative estimate of drug-likeness (QED) is 0.274. The number of aromatic nitrogens is 5. The van der Waals surface area contributed by atoms with E-state index in [0.29, 0.717) is 29.6 Å². The maximum absolute atomic E-state index is 13.9. The van der Waals surface area contributed by atoms with E-state index in [1.165, 1.54) is 6.07 Å². The summed E-state index contributed by atoms with van der Waals surface area (Å²) in [6, 6.07) is 15.1. The van der Waals surface area contributed by atoms with E-state index >= 15 is 0 Å². The van der Waals surface area contributed by atoms with Gasteiger partial charge in [0.2, 0.25) is 0 Å². The number of benzene rings is 2. The molecule has 1 N–H and O–H groups in total. The third kappa shape index (κ3) is 4.83. The Morgan fingerprint density at radius 2 is 1.83 bits per heavy atom. The first-order valence-electron chi connectivity index (χ1n) is 11.1. The van der Waals surface area contributed by atoms with Gasteiger partial charge >= 0.3 is 6.18 Å². The minimum atomic E-state index is -4.69. The number of carbonyl (C=O) groups is 1. The molecule has 0 saturated carbocycles. The zero-order valence-electron chi connectivity index (χ0n) is 19.1. The molecule has 1 amide bonds. The lowest BCUT2D eigenvalue weighted by atomic mass is 10.0. The van der Waals surface area contributed by atoms with Crippen LogP contribution in [-0.4, -0.2) is 36.8 Å². The Morgan fingerprint density at radius 3 is 2.56 bits per heavy atom. The third-order valence-electron chi connectivity index (χ3n) is 5.73. The first-order valence-corrected chi connectivity index (χ1v) is 11.9. The highest BCUT2D eigenvalue weighted by molar-refractivity contribution is 9.10. The van der Waals surface area contributed by atoms with Crippen LogP contribution >= 0.6 is 15.9 Å². The van der Waals surface area contributed by atoms with Gasteiger partial charge in [0.25, 0.3) is 5.91 Å². The average Bonchev–Trinajstić information content (AvgIpc) is 3.42. The minimum absolute atomic E-state index is 0.0602. The average molecular weight is 557 g/mol. The highest BCUT2D eigenvalue weighted by Gasteiger charge is 2.35. The van der Waals surface area contributed by atoms with Gasteiger partial charge in [-0.3, -0.25) is 9.48 Å². The van der Waals surface area contributed by atoms with Crippen molar-refractivity contribution in [2.24, 2.45) is 0 Å². The van der Waals surface area contributed by atoms with E-state index in [-0.39, 0.29) is 17.0 Å². The van der Waals surface area contributed by atoms with Gasteiger partial charge in [-0.05, 0) is 52.2 Å². The van der Waals surface area contributed by atoms with Crippen LogP contribution in [0.25, 0.3) is 27.7 Å². The van der Waals surface area contributed by atoms with Crippen LogP contribution in [0.5, 0.6) is 0 Å². The van der Waals surface area contributed by atoms with Gasteiger partial charge in [-0.25, -0.2) is 9.50 Å². The standard InChI is InChI=1S/C25H20BrF3N6O/c1-15-19(26)14-34(32-15)10-4-9-30-24(36)21-13-23-31-20(12-22(25(27,28)29)35(23)33-21)18-8-7-16-5-2-3-6-17(16)11-18/h2-3,5-8,11-14H,4,9-10H2,1H3,(H,30,36). The molecule has 0 aliphatic heterocycles. The number of rotatable bonds is 6. The molecule has 0 radical (unpaired) electrons. The molecule has 7 nitrogen and oxygen atoms in total. The number of hydrogen-bond donors (Lipinski definition) is 1. The molecule has 184 valence electrons. The molecular formula is C25H20BrF3N6O. The smallest absolute Gasteiger partial charge is 0.351 e. The first kappa shape index (κ1) is 24.0. The second-order valence-corrected chi connectivity index (χ2v) is 9.18. The van der Waals surface area contributed by atoms with Crippen molar-refractivity contribution >= 4 is 38.3 Å². The second-order valence-electron chi connectivity index (χ2n) is 8.32. The monoisotopic (exact) mass is 556 g/mol. The zero-order valence-corrected chi connectivity index (χ0v) is 20.6. The van der Waals surface area contributed by atoms with Crippen molar-refractivity contribution in [3.63, 3.8) is 0 Å². The van der Waals surface area contributed by atoms with Gasteiger partial charge < -0.3 is 5.32 Å². The van der Waals surface area contributed by atoms with Crippen LogP contribution in [0.3, 0.4) is 0 Å². The molecule has 0 fully saturated rings. The van der Waals surface area contributed by atoms with Gasteiger partial charge in [0.05, 0.1) is 15.9 Å². The Morgan fingerprint density at radius 1 is 1.06 bits per heavy atom. The molecule has 0 spiro atoms. The van der Waals surface area contributed by atoms with Gasteiger partial charge in [-0.2, -0.15) is 23.4 Å². The molecule has 2 aromatic carbocycles. The lowest BCUT2D eigenvalue weighted by Gasteiger charge is -2.11. The number of aryl methyl sites for hydroxylation is 2. The van der Waals surface area contributed by atoms with Crippen LogP contribution in [0.4, 0.5) is 13.2 Å². The second kappa shape index (κ2) is 9.38. The maximum atomic E-state index is 13.9. The van der Waals surface area contributed by atoms with Gasteiger partial charge in [-0.1, -0.05) is 36.4 Å². The van der Waals surface area contributed by atoms with Crippen molar-refractivity contribution in [1.82, 2.24) is 29.7 Å². The SMILES string of the molecule is Cc1nn(CCCNC(=O)c2cc3nc(-c4ccc5ccccc5c4)cc(C(F)(F)F)n3n2)cc1Br. The maximum Gasteiger partial charge on any atom is 0.433 e.